The number of pyridine rings is 1. The molecule has 0 spiro atoms. The van der Waals surface area contributed by atoms with Gasteiger partial charge in [0.05, 0.1) is 41.5 Å². The van der Waals surface area contributed by atoms with E-state index in [2.05, 4.69) is 50.4 Å². The van der Waals surface area contributed by atoms with E-state index in [1.807, 2.05) is 24.4 Å². The summed E-state index contributed by atoms with van der Waals surface area (Å²) in [5, 5.41) is 17.8. The molecule has 1 fully saturated rings. The van der Waals surface area contributed by atoms with Crippen LogP contribution in [0.25, 0.3) is 22.6 Å². The molecular weight excluding hydrogens is 470 g/mol. The van der Waals surface area contributed by atoms with E-state index in [1.54, 1.807) is 22.9 Å². The van der Waals surface area contributed by atoms with Crippen LogP contribution < -0.4 is 5.73 Å². The zero-order chi connectivity index (χ0) is 26.2. The van der Waals surface area contributed by atoms with E-state index in [1.165, 1.54) is 0 Å². The van der Waals surface area contributed by atoms with E-state index in [0.29, 0.717) is 35.1 Å². The summed E-state index contributed by atoms with van der Waals surface area (Å²) in [6.07, 6.45) is 4.35. The molecule has 4 heterocycles. The molecule has 1 aliphatic rings. The lowest BCUT2D eigenvalue weighted by molar-refractivity contribution is -0.191. The molecule has 186 valence electrons. The van der Waals surface area contributed by atoms with Crippen LogP contribution in [0.4, 0.5) is 5.95 Å². The van der Waals surface area contributed by atoms with E-state index in [4.69, 9.17) is 20.3 Å². The first-order valence-electron chi connectivity index (χ1n) is 11.7. The predicted molar refractivity (Wildman–Crippen MR) is 133 cm³/mol. The number of anilines is 1. The molecule has 0 saturated carbocycles. The van der Waals surface area contributed by atoms with Crippen molar-refractivity contribution >= 4 is 12.1 Å². The summed E-state index contributed by atoms with van der Waals surface area (Å²) in [7, 11) is 2.17. The average Bonchev–Trinajstić information content (AvgIpc) is 3.38. The normalized spacial score (nSPS) is 13.7. The van der Waals surface area contributed by atoms with Crippen molar-refractivity contribution < 1.29 is 9.59 Å². The van der Waals surface area contributed by atoms with Gasteiger partial charge < -0.3 is 10.6 Å². The third-order valence-electron chi connectivity index (χ3n) is 6.12. The minimum absolute atomic E-state index is 0.136. The second kappa shape index (κ2) is 11.8. The number of nitrogen functional groups attached to an aromatic ring is 1. The first-order chi connectivity index (χ1) is 18.0. The van der Waals surface area contributed by atoms with Crippen molar-refractivity contribution in [1.29, 1.82) is 5.26 Å². The molecule has 37 heavy (non-hydrogen) atoms. The summed E-state index contributed by atoms with van der Waals surface area (Å²) >= 11 is 0. The number of nitriles is 1. The van der Waals surface area contributed by atoms with Crippen LogP contribution in [-0.4, -0.2) is 61.1 Å². The summed E-state index contributed by atoms with van der Waals surface area (Å²) in [5.74, 6) is 0.640. The van der Waals surface area contributed by atoms with Crippen LogP contribution in [0.5, 0.6) is 0 Å². The largest absolute Gasteiger partial charge is 0.373 e. The standard InChI is InChI=1S/C25H25N9.CO2/c1-33-10-8-18(9-11-33)21-7-3-6-20(28-21)15-34-16-24(31-32-34)23-13-22(29-25(27)30-23)19-5-2-4-17(12-19)14-26;2-1-3/h2-7,12-13,16,18H,8-11,15H2,1H3,(H2,27,29,30);. The molecule has 0 bridgehead atoms. The van der Waals surface area contributed by atoms with Crippen molar-refractivity contribution in [3.63, 3.8) is 0 Å². The van der Waals surface area contributed by atoms with E-state index in [-0.39, 0.29) is 12.1 Å². The lowest BCUT2D eigenvalue weighted by Crippen LogP contribution is -2.29. The average molecular weight is 496 g/mol. The summed E-state index contributed by atoms with van der Waals surface area (Å²) in [6.45, 7) is 2.73. The number of likely N-dealkylation sites (tertiary alicyclic amines) is 1. The molecule has 3 aromatic heterocycles. The van der Waals surface area contributed by atoms with Crippen LogP contribution in [0.3, 0.4) is 0 Å². The summed E-state index contributed by atoms with van der Waals surface area (Å²) in [5.41, 5.74) is 11.2. The van der Waals surface area contributed by atoms with Crippen LogP contribution in [0.1, 0.15) is 35.7 Å². The minimum Gasteiger partial charge on any atom is -0.368 e. The highest BCUT2D eigenvalue weighted by Gasteiger charge is 2.19. The third-order valence-corrected chi connectivity index (χ3v) is 6.12. The number of carbonyl (C=O) groups excluding carboxylic acids is 2. The molecule has 5 rings (SSSR count). The van der Waals surface area contributed by atoms with E-state index in [0.717, 1.165) is 42.9 Å². The molecule has 1 aromatic carbocycles. The summed E-state index contributed by atoms with van der Waals surface area (Å²) in [6, 6.07) is 17.4. The highest BCUT2D eigenvalue weighted by atomic mass is 16.2. The number of hydrogen-bond donors (Lipinski definition) is 1. The van der Waals surface area contributed by atoms with Crippen LogP contribution in [-0.2, 0) is 16.1 Å². The predicted octanol–water partition coefficient (Wildman–Crippen LogP) is 2.52. The lowest BCUT2D eigenvalue weighted by atomic mass is 9.93. The Balaban J connectivity index is 0.00000102. The number of benzene rings is 1. The van der Waals surface area contributed by atoms with Crippen molar-refractivity contribution in [2.24, 2.45) is 0 Å². The first-order valence-corrected chi connectivity index (χ1v) is 11.7. The minimum atomic E-state index is 0.136. The fourth-order valence-corrected chi connectivity index (χ4v) is 4.27. The van der Waals surface area contributed by atoms with Gasteiger partial charge in [0.1, 0.15) is 5.69 Å². The second-order valence-electron chi connectivity index (χ2n) is 8.71. The maximum absolute atomic E-state index is 9.19. The van der Waals surface area contributed by atoms with E-state index in [9.17, 15) is 5.26 Å². The Bertz CT molecular complexity index is 1450. The molecule has 1 saturated heterocycles. The second-order valence-corrected chi connectivity index (χ2v) is 8.71. The van der Waals surface area contributed by atoms with Crippen molar-refractivity contribution in [2.45, 2.75) is 25.3 Å². The molecule has 0 atom stereocenters. The Kier molecular flexibility index (Phi) is 8.05. The summed E-state index contributed by atoms with van der Waals surface area (Å²) < 4.78 is 1.75. The van der Waals surface area contributed by atoms with Gasteiger partial charge in [-0.15, -0.1) is 5.10 Å². The molecule has 4 aromatic rings. The molecule has 11 nitrogen and oxygen atoms in total. The number of hydrogen-bond acceptors (Lipinski definition) is 10. The van der Waals surface area contributed by atoms with Gasteiger partial charge in [0.15, 0.2) is 0 Å². The third kappa shape index (κ3) is 6.46. The van der Waals surface area contributed by atoms with Gasteiger partial charge in [-0.3, -0.25) is 4.98 Å². The van der Waals surface area contributed by atoms with Crippen LogP contribution in [0.2, 0.25) is 0 Å². The fraction of sp³-hybridized carbons (Fsp3) is 0.269. The number of nitrogens with zero attached hydrogens (tertiary/aromatic N) is 8. The van der Waals surface area contributed by atoms with Gasteiger partial charge in [-0.25, -0.2) is 14.6 Å². The smallest absolute Gasteiger partial charge is 0.368 e. The molecule has 11 heteroatoms. The quantitative estimate of drug-likeness (QED) is 0.436. The van der Waals surface area contributed by atoms with Gasteiger partial charge in [-0.1, -0.05) is 23.4 Å². The number of rotatable bonds is 5. The SMILES string of the molecule is CN1CCC(c2cccc(Cn3cc(-c4cc(-c5cccc(C#N)c5)nc(N)n4)nn3)n2)CC1.O=C=O. The highest BCUT2D eigenvalue weighted by molar-refractivity contribution is 5.68. The Labute approximate surface area is 213 Å². The maximum Gasteiger partial charge on any atom is 0.373 e. The fourth-order valence-electron chi connectivity index (χ4n) is 4.27. The number of aromatic nitrogens is 6. The number of nitrogens with two attached hydrogens (primary N) is 1. The molecule has 0 unspecified atom stereocenters. The number of piperidine rings is 1. The zero-order valence-corrected chi connectivity index (χ0v) is 20.3. The van der Waals surface area contributed by atoms with Gasteiger partial charge in [-0.2, -0.15) is 14.9 Å². The van der Waals surface area contributed by atoms with Crippen LogP contribution in [0.15, 0.2) is 54.7 Å². The zero-order valence-electron chi connectivity index (χ0n) is 20.3. The van der Waals surface area contributed by atoms with Crippen LogP contribution >= 0.6 is 0 Å². The Morgan fingerprint density at radius 1 is 1.00 bits per heavy atom. The lowest BCUT2D eigenvalue weighted by Gasteiger charge is -2.28. The summed E-state index contributed by atoms with van der Waals surface area (Å²) in [4.78, 5) is 32.2. The first kappa shape index (κ1) is 25.3. The molecule has 1 aliphatic heterocycles. The highest BCUT2D eigenvalue weighted by Crippen LogP contribution is 2.27. The van der Waals surface area contributed by atoms with Gasteiger partial charge in [-0.05, 0) is 63.3 Å². The van der Waals surface area contributed by atoms with Gasteiger partial charge >= 0.3 is 6.15 Å². The molecule has 0 radical (unpaired) electrons. The topological polar surface area (TPSA) is 157 Å². The molecular formula is C26H25N9O2. The Morgan fingerprint density at radius 2 is 1.73 bits per heavy atom. The van der Waals surface area contributed by atoms with Crippen molar-refractivity contribution in [1.82, 2.24) is 34.8 Å². The monoisotopic (exact) mass is 495 g/mol. The van der Waals surface area contributed by atoms with E-state index >= 15 is 0 Å². The van der Waals surface area contributed by atoms with Crippen molar-refractivity contribution in [2.75, 3.05) is 25.9 Å². The van der Waals surface area contributed by atoms with Gasteiger partial charge in [0.25, 0.3) is 0 Å². The Morgan fingerprint density at radius 3 is 2.49 bits per heavy atom. The van der Waals surface area contributed by atoms with Crippen molar-refractivity contribution in [3.8, 4) is 28.7 Å². The molecule has 0 amide bonds. The molecule has 2 N–H and O–H groups in total. The Hall–Kier alpha value is -4.78. The van der Waals surface area contributed by atoms with Crippen LogP contribution in [0, 0.1) is 11.3 Å². The molecule has 0 aliphatic carbocycles. The van der Waals surface area contributed by atoms with Gasteiger partial charge in [0, 0.05) is 17.2 Å². The van der Waals surface area contributed by atoms with E-state index < -0.39 is 0 Å². The van der Waals surface area contributed by atoms with Crippen molar-refractivity contribution in [3.05, 3.63) is 71.7 Å². The van der Waals surface area contributed by atoms with Gasteiger partial charge in [0.2, 0.25) is 5.95 Å². The maximum atomic E-state index is 9.19.